The predicted molar refractivity (Wildman–Crippen MR) is 109 cm³/mol. The third-order valence-electron chi connectivity index (χ3n) is 5.08. The fraction of sp³-hybridized carbons (Fsp3) is 0.304. The van der Waals surface area contributed by atoms with Crippen LogP contribution in [0.4, 0.5) is 9.18 Å². The first-order valence-electron chi connectivity index (χ1n) is 9.96. The van der Waals surface area contributed by atoms with Crippen molar-refractivity contribution in [1.29, 1.82) is 0 Å². The lowest BCUT2D eigenvalue weighted by molar-refractivity contribution is -0.0588. The third-order valence-corrected chi connectivity index (χ3v) is 5.08. The molecular weight excluding hydrogens is 419 g/mol. The van der Waals surface area contributed by atoms with Gasteiger partial charge in [-0.3, -0.25) is 9.59 Å². The molecule has 9 heteroatoms. The van der Waals surface area contributed by atoms with Gasteiger partial charge in [0.05, 0.1) is 29.8 Å². The number of hydroxylamine groups is 2. The van der Waals surface area contributed by atoms with E-state index < -0.39 is 35.1 Å². The summed E-state index contributed by atoms with van der Waals surface area (Å²) in [6.45, 7) is 4.71. The zero-order chi connectivity index (χ0) is 23.3. The Morgan fingerprint density at radius 3 is 2.12 bits per heavy atom. The SMILES string of the molecule is CC(C)(C)OC(=O)N1CC(F)(c2cccc(C(=O)ON3C(=O)c4ccccc4C3=O)c2)C1. The Kier molecular flexibility index (Phi) is 4.99. The van der Waals surface area contributed by atoms with Gasteiger partial charge < -0.3 is 14.5 Å². The van der Waals surface area contributed by atoms with Gasteiger partial charge in [0.1, 0.15) is 5.60 Å². The number of amides is 3. The van der Waals surface area contributed by atoms with Gasteiger partial charge in [-0.25, -0.2) is 14.0 Å². The van der Waals surface area contributed by atoms with E-state index in [0.29, 0.717) is 5.06 Å². The quantitative estimate of drug-likeness (QED) is 0.679. The van der Waals surface area contributed by atoms with E-state index >= 15 is 4.39 Å². The highest BCUT2D eigenvalue weighted by Gasteiger charge is 2.49. The van der Waals surface area contributed by atoms with Crippen LogP contribution in [0.2, 0.25) is 0 Å². The first-order chi connectivity index (χ1) is 15.0. The molecule has 2 aromatic carbocycles. The molecule has 1 saturated heterocycles. The Morgan fingerprint density at radius 2 is 1.56 bits per heavy atom. The fourth-order valence-electron chi connectivity index (χ4n) is 3.51. The number of rotatable bonds is 3. The molecule has 2 aliphatic heterocycles. The minimum atomic E-state index is -1.86. The highest BCUT2D eigenvalue weighted by Crippen LogP contribution is 2.37. The lowest BCUT2D eigenvalue weighted by Gasteiger charge is -2.44. The Balaban J connectivity index is 1.45. The van der Waals surface area contributed by atoms with Gasteiger partial charge in [-0.1, -0.05) is 29.3 Å². The van der Waals surface area contributed by atoms with Crippen molar-refractivity contribution in [2.45, 2.75) is 32.0 Å². The van der Waals surface area contributed by atoms with Gasteiger partial charge >= 0.3 is 12.1 Å². The number of ether oxygens (including phenoxy) is 1. The predicted octanol–water partition coefficient (Wildman–Crippen LogP) is 3.47. The molecule has 2 aliphatic rings. The number of benzene rings is 2. The molecule has 166 valence electrons. The van der Waals surface area contributed by atoms with E-state index in [0.717, 1.165) is 0 Å². The maximum Gasteiger partial charge on any atom is 0.410 e. The first kappa shape index (κ1) is 21.5. The van der Waals surface area contributed by atoms with Gasteiger partial charge in [0.15, 0.2) is 5.67 Å². The number of imide groups is 1. The van der Waals surface area contributed by atoms with Gasteiger partial charge in [0.2, 0.25) is 0 Å². The van der Waals surface area contributed by atoms with Crippen molar-refractivity contribution < 1.29 is 33.1 Å². The van der Waals surface area contributed by atoms with E-state index in [2.05, 4.69) is 0 Å². The minimum Gasteiger partial charge on any atom is -0.444 e. The minimum absolute atomic E-state index is 0.0354. The van der Waals surface area contributed by atoms with Crippen LogP contribution in [0.5, 0.6) is 0 Å². The maximum absolute atomic E-state index is 15.3. The molecule has 0 spiro atoms. The van der Waals surface area contributed by atoms with Crippen LogP contribution in [-0.2, 0) is 15.2 Å². The number of halogens is 1. The fourth-order valence-corrected chi connectivity index (χ4v) is 3.51. The molecule has 0 atom stereocenters. The Labute approximate surface area is 183 Å². The lowest BCUT2D eigenvalue weighted by Crippen LogP contribution is -2.59. The third kappa shape index (κ3) is 3.81. The van der Waals surface area contributed by atoms with Gasteiger partial charge in [-0.2, -0.15) is 0 Å². The number of hydrogen-bond acceptors (Lipinski definition) is 6. The Bertz CT molecular complexity index is 1100. The van der Waals surface area contributed by atoms with Crippen LogP contribution in [0, 0.1) is 0 Å². The van der Waals surface area contributed by atoms with Crippen molar-refractivity contribution in [3.05, 3.63) is 70.8 Å². The number of likely N-dealkylation sites (tertiary alicyclic amines) is 1. The smallest absolute Gasteiger partial charge is 0.410 e. The van der Waals surface area contributed by atoms with Crippen LogP contribution in [0.3, 0.4) is 0 Å². The second kappa shape index (κ2) is 7.44. The average Bonchev–Trinajstić information content (AvgIpc) is 2.95. The molecule has 0 N–H and O–H groups in total. The molecule has 4 rings (SSSR count). The summed E-state index contributed by atoms with van der Waals surface area (Å²) in [5.74, 6) is -2.47. The molecule has 0 aliphatic carbocycles. The van der Waals surface area contributed by atoms with Crippen molar-refractivity contribution in [3.8, 4) is 0 Å². The van der Waals surface area contributed by atoms with E-state index in [-0.39, 0.29) is 35.3 Å². The molecule has 2 aromatic rings. The second-order valence-corrected chi connectivity index (χ2v) is 8.71. The summed E-state index contributed by atoms with van der Waals surface area (Å²) in [6, 6.07) is 11.7. The summed E-state index contributed by atoms with van der Waals surface area (Å²) in [6.07, 6.45) is -0.619. The van der Waals surface area contributed by atoms with E-state index in [1.807, 2.05) is 0 Å². The van der Waals surface area contributed by atoms with E-state index in [4.69, 9.17) is 9.57 Å². The molecule has 8 nitrogen and oxygen atoms in total. The summed E-state index contributed by atoms with van der Waals surface area (Å²) in [7, 11) is 0. The average molecular weight is 440 g/mol. The zero-order valence-electron chi connectivity index (χ0n) is 17.8. The largest absolute Gasteiger partial charge is 0.444 e. The lowest BCUT2D eigenvalue weighted by atomic mass is 9.87. The van der Waals surface area contributed by atoms with Crippen LogP contribution in [0.25, 0.3) is 0 Å². The van der Waals surface area contributed by atoms with Crippen LogP contribution in [0.1, 0.15) is 57.4 Å². The molecule has 0 saturated carbocycles. The molecule has 0 bridgehead atoms. The number of nitrogens with zero attached hydrogens (tertiary/aromatic N) is 2. The highest BCUT2D eigenvalue weighted by molar-refractivity contribution is 6.21. The van der Waals surface area contributed by atoms with Crippen molar-refractivity contribution in [2.24, 2.45) is 0 Å². The highest BCUT2D eigenvalue weighted by atomic mass is 19.1. The monoisotopic (exact) mass is 440 g/mol. The Hall–Kier alpha value is -3.75. The van der Waals surface area contributed by atoms with Crippen molar-refractivity contribution in [3.63, 3.8) is 0 Å². The zero-order valence-corrected chi connectivity index (χ0v) is 17.8. The summed E-state index contributed by atoms with van der Waals surface area (Å²) >= 11 is 0. The molecule has 1 fully saturated rings. The van der Waals surface area contributed by atoms with E-state index in [1.165, 1.54) is 41.3 Å². The van der Waals surface area contributed by atoms with Crippen LogP contribution < -0.4 is 0 Å². The van der Waals surface area contributed by atoms with Crippen molar-refractivity contribution in [2.75, 3.05) is 13.1 Å². The number of alkyl halides is 1. The summed E-state index contributed by atoms with van der Waals surface area (Å²) in [4.78, 5) is 55.7. The number of hydrogen-bond donors (Lipinski definition) is 0. The molecule has 2 heterocycles. The number of carbonyl (C=O) groups is 4. The van der Waals surface area contributed by atoms with E-state index in [9.17, 15) is 19.2 Å². The van der Waals surface area contributed by atoms with Gasteiger partial charge in [-0.15, -0.1) is 0 Å². The number of carbonyl (C=O) groups excluding carboxylic acids is 4. The molecule has 0 aromatic heterocycles. The normalized spacial score (nSPS) is 17.0. The van der Waals surface area contributed by atoms with Crippen LogP contribution in [-0.4, -0.2) is 52.5 Å². The van der Waals surface area contributed by atoms with Crippen molar-refractivity contribution >= 4 is 23.9 Å². The van der Waals surface area contributed by atoms with Crippen molar-refractivity contribution in [1.82, 2.24) is 9.96 Å². The molecule has 3 amide bonds. The molecule has 0 unspecified atom stereocenters. The summed E-state index contributed by atoms with van der Waals surface area (Å²) in [5.41, 5.74) is -2.14. The van der Waals surface area contributed by atoms with Crippen LogP contribution in [0.15, 0.2) is 48.5 Å². The number of fused-ring (bicyclic) bond motifs is 1. The molecular formula is C23H21FN2O6. The van der Waals surface area contributed by atoms with E-state index in [1.54, 1.807) is 32.9 Å². The molecule has 0 radical (unpaired) electrons. The second-order valence-electron chi connectivity index (χ2n) is 8.71. The topological polar surface area (TPSA) is 93.2 Å². The maximum atomic E-state index is 15.3. The standard InChI is InChI=1S/C23H21FN2O6/c1-22(2,3)31-21(30)25-12-23(24,13-25)15-8-6-7-14(11-15)20(29)32-26-18(27)16-9-4-5-10-17(16)19(26)28/h4-11H,12-13H2,1-3H3. The Morgan fingerprint density at radius 1 is 0.969 bits per heavy atom. The first-order valence-corrected chi connectivity index (χ1v) is 9.96. The summed E-state index contributed by atoms with van der Waals surface area (Å²) in [5, 5.41) is 0.401. The van der Waals surface area contributed by atoms with Gasteiger partial charge in [0.25, 0.3) is 11.8 Å². The molecule has 32 heavy (non-hydrogen) atoms. The summed E-state index contributed by atoms with van der Waals surface area (Å²) < 4.78 is 20.5. The van der Waals surface area contributed by atoms with Gasteiger partial charge in [-0.05, 0) is 50.6 Å². The van der Waals surface area contributed by atoms with Crippen LogP contribution >= 0.6 is 0 Å². The van der Waals surface area contributed by atoms with Gasteiger partial charge in [0, 0.05) is 0 Å².